The van der Waals surface area contributed by atoms with Gasteiger partial charge in [0, 0.05) is 18.8 Å². The van der Waals surface area contributed by atoms with Gasteiger partial charge in [0.15, 0.2) is 0 Å². The SMILES string of the molecule is CCC(C)Oc1ccc(N2CCCC2)cc1. The van der Waals surface area contributed by atoms with Gasteiger partial charge in [-0.05, 0) is 50.5 Å². The van der Waals surface area contributed by atoms with Gasteiger partial charge in [-0.25, -0.2) is 0 Å². The Morgan fingerprint density at radius 2 is 1.81 bits per heavy atom. The van der Waals surface area contributed by atoms with E-state index in [1.165, 1.54) is 31.6 Å². The summed E-state index contributed by atoms with van der Waals surface area (Å²) in [5, 5.41) is 0. The Hall–Kier alpha value is -1.18. The van der Waals surface area contributed by atoms with Crippen molar-refractivity contribution in [1.82, 2.24) is 0 Å². The van der Waals surface area contributed by atoms with Gasteiger partial charge in [-0.1, -0.05) is 6.92 Å². The van der Waals surface area contributed by atoms with Crippen molar-refractivity contribution >= 4 is 5.69 Å². The lowest BCUT2D eigenvalue weighted by Gasteiger charge is -2.18. The zero-order valence-electron chi connectivity index (χ0n) is 10.3. The van der Waals surface area contributed by atoms with Gasteiger partial charge in [0.05, 0.1) is 6.10 Å². The van der Waals surface area contributed by atoms with Crippen LogP contribution >= 0.6 is 0 Å². The zero-order valence-corrected chi connectivity index (χ0v) is 10.3. The number of hydrogen-bond donors (Lipinski definition) is 0. The van der Waals surface area contributed by atoms with E-state index in [-0.39, 0.29) is 0 Å². The fraction of sp³-hybridized carbons (Fsp3) is 0.571. The van der Waals surface area contributed by atoms with Crippen LogP contribution in [0.15, 0.2) is 24.3 Å². The highest BCUT2D eigenvalue weighted by atomic mass is 16.5. The van der Waals surface area contributed by atoms with Crippen molar-refractivity contribution in [2.24, 2.45) is 0 Å². The maximum absolute atomic E-state index is 5.76. The molecule has 0 N–H and O–H groups in total. The summed E-state index contributed by atoms with van der Waals surface area (Å²) < 4.78 is 5.76. The van der Waals surface area contributed by atoms with E-state index < -0.39 is 0 Å². The number of anilines is 1. The van der Waals surface area contributed by atoms with Gasteiger partial charge in [-0.3, -0.25) is 0 Å². The van der Waals surface area contributed by atoms with E-state index >= 15 is 0 Å². The summed E-state index contributed by atoms with van der Waals surface area (Å²) in [6.07, 6.45) is 4.00. The van der Waals surface area contributed by atoms with Crippen LogP contribution in [0.3, 0.4) is 0 Å². The summed E-state index contributed by atoms with van der Waals surface area (Å²) in [6, 6.07) is 8.51. The molecule has 1 saturated heterocycles. The highest BCUT2D eigenvalue weighted by Crippen LogP contribution is 2.23. The second-order valence-corrected chi connectivity index (χ2v) is 4.52. The fourth-order valence-corrected chi connectivity index (χ4v) is 2.03. The summed E-state index contributed by atoms with van der Waals surface area (Å²) in [5.41, 5.74) is 1.33. The molecule has 1 heterocycles. The second-order valence-electron chi connectivity index (χ2n) is 4.52. The largest absolute Gasteiger partial charge is 0.491 e. The first-order valence-electron chi connectivity index (χ1n) is 6.31. The predicted molar refractivity (Wildman–Crippen MR) is 68.3 cm³/mol. The molecule has 0 spiro atoms. The molecular weight excluding hydrogens is 198 g/mol. The van der Waals surface area contributed by atoms with Crippen molar-refractivity contribution in [3.8, 4) is 5.75 Å². The van der Waals surface area contributed by atoms with Crippen LogP contribution in [0, 0.1) is 0 Å². The van der Waals surface area contributed by atoms with Crippen molar-refractivity contribution in [2.45, 2.75) is 39.2 Å². The average Bonchev–Trinajstić information content (AvgIpc) is 2.83. The van der Waals surface area contributed by atoms with Crippen molar-refractivity contribution in [3.63, 3.8) is 0 Å². The molecule has 0 bridgehead atoms. The molecule has 0 aliphatic carbocycles. The average molecular weight is 219 g/mol. The van der Waals surface area contributed by atoms with Crippen LogP contribution in [0.25, 0.3) is 0 Å². The zero-order chi connectivity index (χ0) is 11.4. The smallest absolute Gasteiger partial charge is 0.119 e. The number of nitrogens with zero attached hydrogens (tertiary/aromatic N) is 1. The van der Waals surface area contributed by atoms with Crippen LogP contribution in [0.5, 0.6) is 5.75 Å². The van der Waals surface area contributed by atoms with E-state index in [1.807, 2.05) is 0 Å². The normalized spacial score (nSPS) is 17.5. The summed E-state index contributed by atoms with van der Waals surface area (Å²) >= 11 is 0. The van der Waals surface area contributed by atoms with E-state index in [1.54, 1.807) is 0 Å². The van der Waals surface area contributed by atoms with Crippen molar-refractivity contribution in [2.75, 3.05) is 18.0 Å². The van der Waals surface area contributed by atoms with Crippen LogP contribution in [-0.2, 0) is 0 Å². The van der Waals surface area contributed by atoms with Gasteiger partial charge in [-0.15, -0.1) is 0 Å². The summed E-state index contributed by atoms with van der Waals surface area (Å²) in [4.78, 5) is 2.44. The Balaban J connectivity index is 1.98. The number of benzene rings is 1. The van der Waals surface area contributed by atoms with E-state index in [0.717, 1.165) is 12.2 Å². The molecule has 88 valence electrons. The van der Waals surface area contributed by atoms with Crippen molar-refractivity contribution < 1.29 is 4.74 Å². The molecule has 1 unspecified atom stereocenters. The van der Waals surface area contributed by atoms with Crippen molar-refractivity contribution in [1.29, 1.82) is 0 Å². The van der Waals surface area contributed by atoms with Gasteiger partial charge < -0.3 is 9.64 Å². The number of hydrogen-bond acceptors (Lipinski definition) is 2. The summed E-state index contributed by atoms with van der Waals surface area (Å²) in [7, 11) is 0. The van der Waals surface area contributed by atoms with E-state index in [4.69, 9.17) is 4.74 Å². The Morgan fingerprint density at radius 3 is 2.38 bits per heavy atom. The molecule has 0 aromatic heterocycles. The summed E-state index contributed by atoms with van der Waals surface area (Å²) in [5.74, 6) is 0.984. The maximum atomic E-state index is 5.76. The minimum atomic E-state index is 0.303. The third kappa shape index (κ3) is 2.69. The van der Waals surface area contributed by atoms with Gasteiger partial charge in [-0.2, -0.15) is 0 Å². The van der Waals surface area contributed by atoms with Gasteiger partial charge in [0.25, 0.3) is 0 Å². The standard InChI is InChI=1S/C14H21NO/c1-3-12(2)16-14-8-6-13(7-9-14)15-10-4-5-11-15/h6-9,12H,3-5,10-11H2,1-2H3. The molecule has 1 aliphatic heterocycles. The first-order valence-corrected chi connectivity index (χ1v) is 6.31. The lowest BCUT2D eigenvalue weighted by atomic mass is 10.2. The molecule has 2 rings (SSSR count). The minimum Gasteiger partial charge on any atom is -0.491 e. The molecule has 0 saturated carbocycles. The molecule has 1 atom stereocenters. The van der Waals surface area contributed by atoms with E-state index in [2.05, 4.69) is 43.0 Å². The number of rotatable bonds is 4. The lowest BCUT2D eigenvalue weighted by Crippen LogP contribution is -2.17. The Bertz CT molecular complexity index is 314. The molecule has 1 aromatic carbocycles. The van der Waals surface area contributed by atoms with Crippen LogP contribution in [0.1, 0.15) is 33.1 Å². The monoisotopic (exact) mass is 219 g/mol. The van der Waals surface area contributed by atoms with Crippen LogP contribution in [-0.4, -0.2) is 19.2 Å². The molecule has 1 aromatic rings. The van der Waals surface area contributed by atoms with Crippen LogP contribution < -0.4 is 9.64 Å². The maximum Gasteiger partial charge on any atom is 0.119 e. The molecule has 1 fully saturated rings. The van der Waals surface area contributed by atoms with E-state index in [0.29, 0.717) is 6.10 Å². The molecule has 2 heteroatoms. The highest BCUT2D eigenvalue weighted by Gasteiger charge is 2.12. The van der Waals surface area contributed by atoms with Crippen LogP contribution in [0.4, 0.5) is 5.69 Å². The minimum absolute atomic E-state index is 0.303. The Labute approximate surface area is 98.2 Å². The molecular formula is C14H21NO. The van der Waals surface area contributed by atoms with E-state index in [9.17, 15) is 0 Å². The van der Waals surface area contributed by atoms with Gasteiger partial charge in [0.2, 0.25) is 0 Å². The third-order valence-corrected chi connectivity index (χ3v) is 3.22. The first-order chi connectivity index (χ1) is 7.79. The third-order valence-electron chi connectivity index (χ3n) is 3.22. The van der Waals surface area contributed by atoms with Crippen molar-refractivity contribution in [3.05, 3.63) is 24.3 Å². The predicted octanol–water partition coefficient (Wildman–Crippen LogP) is 3.46. The van der Waals surface area contributed by atoms with Crippen LogP contribution in [0.2, 0.25) is 0 Å². The molecule has 0 amide bonds. The fourth-order valence-electron chi connectivity index (χ4n) is 2.03. The summed E-state index contributed by atoms with van der Waals surface area (Å²) in [6.45, 7) is 6.65. The topological polar surface area (TPSA) is 12.5 Å². The Morgan fingerprint density at radius 1 is 1.19 bits per heavy atom. The Kier molecular flexibility index (Phi) is 3.70. The molecule has 16 heavy (non-hydrogen) atoms. The highest BCUT2D eigenvalue weighted by molar-refractivity contribution is 5.49. The number of ether oxygens (including phenoxy) is 1. The lowest BCUT2D eigenvalue weighted by molar-refractivity contribution is 0.217. The quantitative estimate of drug-likeness (QED) is 0.769. The van der Waals surface area contributed by atoms with Gasteiger partial charge in [0.1, 0.15) is 5.75 Å². The van der Waals surface area contributed by atoms with Gasteiger partial charge >= 0.3 is 0 Å². The first kappa shape index (κ1) is 11.3. The molecule has 1 aliphatic rings. The molecule has 2 nitrogen and oxygen atoms in total. The molecule has 0 radical (unpaired) electrons. The second kappa shape index (κ2) is 5.24.